The van der Waals surface area contributed by atoms with E-state index in [4.69, 9.17) is 0 Å². The van der Waals surface area contributed by atoms with Crippen molar-refractivity contribution in [2.45, 2.75) is 0 Å². The molecule has 0 bridgehead atoms. The van der Waals surface area contributed by atoms with Crippen LogP contribution in [0.1, 0.15) is 10.4 Å². The van der Waals surface area contributed by atoms with Gasteiger partial charge < -0.3 is 10.1 Å². The Balaban J connectivity index is 2.04. The van der Waals surface area contributed by atoms with Crippen molar-refractivity contribution >= 4 is 17.6 Å². The molecule has 0 fully saturated rings. The summed E-state index contributed by atoms with van der Waals surface area (Å²) in [6.07, 6.45) is 3.94. The van der Waals surface area contributed by atoms with E-state index in [0.29, 0.717) is 5.69 Å². The molecule has 0 aliphatic heterocycles. The molecule has 3 rings (SSSR count). The van der Waals surface area contributed by atoms with Crippen LogP contribution in [0.15, 0.2) is 36.8 Å². The van der Waals surface area contributed by atoms with Gasteiger partial charge in [-0.1, -0.05) is 6.07 Å². The van der Waals surface area contributed by atoms with Gasteiger partial charge in [0.25, 0.3) is 0 Å². The Morgan fingerprint density at radius 1 is 1.29 bits per heavy atom. The van der Waals surface area contributed by atoms with E-state index in [2.05, 4.69) is 30.2 Å². The van der Waals surface area contributed by atoms with Crippen LogP contribution in [0.25, 0.3) is 11.3 Å². The summed E-state index contributed by atoms with van der Waals surface area (Å²) in [7, 11) is 1.13. The van der Waals surface area contributed by atoms with Crippen molar-refractivity contribution in [3.63, 3.8) is 0 Å². The first-order valence-electron chi connectivity index (χ1n) is 6.75. The van der Waals surface area contributed by atoms with Gasteiger partial charge in [0.2, 0.25) is 5.95 Å². The number of carbonyl (C=O) groups excluding carboxylic acids is 1. The zero-order chi connectivity index (χ0) is 17.1. The molecule has 9 heteroatoms. The third kappa shape index (κ3) is 2.91. The molecule has 24 heavy (non-hydrogen) atoms. The van der Waals surface area contributed by atoms with E-state index in [1.807, 2.05) is 0 Å². The first kappa shape index (κ1) is 15.5. The number of benzene rings is 1. The number of ether oxygens (including phenoxy) is 1. The van der Waals surface area contributed by atoms with Crippen LogP contribution in [0.4, 0.5) is 20.4 Å². The molecule has 0 radical (unpaired) electrons. The summed E-state index contributed by atoms with van der Waals surface area (Å²) >= 11 is 0. The fourth-order valence-corrected chi connectivity index (χ4v) is 2.05. The second-order valence-electron chi connectivity index (χ2n) is 4.66. The number of aromatic nitrogens is 4. The Morgan fingerprint density at radius 2 is 2.12 bits per heavy atom. The first-order chi connectivity index (χ1) is 11.6. The maximum absolute atomic E-state index is 14.5. The lowest BCUT2D eigenvalue weighted by Crippen LogP contribution is -2.07. The average Bonchev–Trinajstić information content (AvgIpc) is 3.09. The van der Waals surface area contributed by atoms with Gasteiger partial charge >= 0.3 is 5.97 Å². The van der Waals surface area contributed by atoms with Crippen LogP contribution in [0.2, 0.25) is 0 Å². The molecule has 3 aromatic rings. The average molecular weight is 331 g/mol. The fraction of sp³-hybridized carbons (Fsp3) is 0.0667. The topological polar surface area (TPSA) is 92.8 Å². The minimum Gasteiger partial charge on any atom is -0.465 e. The zero-order valence-electron chi connectivity index (χ0n) is 12.4. The Bertz CT molecular complexity index is 884. The van der Waals surface area contributed by atoms with Crippen molar-refractivity contribution in [2.75, 3.05) is 12.4 Å². The third-order valence-corrected chi connectivity index (χ3v) is 3.16. The number of esters is 1. The fourth-order valence-electron chi connectivity index (χ4n) is 2.05. The van der Waals surface area contributed by atoms with Gasteiger partial charge in [-0.2, -0.15) is 5.10 Å². The molecular weight excluding hydrogens is 320 g/mol. The summed E-state index contributed by atoms with van der Waals surface area (Å²) in [5.74, 6) is -2.55. The number of aromatic amines is 1. The molecule has 2 N–H and O–H groups in total. The standard InChI is InChI=1S/C15H11F2N5O2/c1-24-14(23)10-4-2-3-9(12(10)17)13-11(16)7-18-15(22-13)21-8-5-19-20-6-8/h2-7H,1H3,(H,19,20)(H,18,21,22). The molecular formula is C15H11F2N5O2. The van der Waals surface area contributed by atoms with Crippen molar-refractivity contribution in [3.05, 3.63) is 54.0 Å². The summed E-state index contributed by atoms with van der Waals surface area (Å²) in [6, 6.07) is 3.97. The largest absolute Gasteiger partial charge is 0.465 e. The number of halogens is 2. The van der Waals surface area contributed by atoms with Gasteiger partial charge in [-0.3, -0.25) is 5.10 Å². The Kier molecular flexibility index (Phi) is 4.15. The van der Waals surface area contributed by atoms with E-state index in [0.717, 1.165) is 13.3 Å². The molecule has 122 valence electrons. The number of carbonyl (C=O) groups is 1. The van der Waals surface area contributed by atoms with Crippen molar-refractivity contribution in [1.29, 1.82) is 0 Å². The van der Waals surface area contributed by atoms with E-state index in [1.165, 1.54) is 24.4 Å². The first-order valence-corrected chi connectivity index (χ1v) is 6.75. The van der Waals surface area contributed by atoms with Crippen LogP contribution in [0.3, 0.4) is 0 Å². The quantitative estimate of drug-likeness (QED) is 0.714. The number of methoxy groups -OCH3 is 1. The zero-order valence-corrected chi connectivity index (χ0v) is 12.4. The Morgan fingerprint density at radius 3 is 2.83 bits per heavy atom. The van der Waals surface area contributed by atoms with Gasteiger partial charge in [-0.25, -0.2) is 23.5 Å². The molecule has 2 heterocycles. The molecule has 0 amide bonds. The highest BCUT2D eigenvalue weighted by Crippen LogP contribution is 2.27. The van der Waals surface area contributed by atoms with E-state index < -0.39 is 17.6 Å². The van der Waals surface area contributed by atoms with Crippen LogP contribution in [0, 0.1) is 11.6 Å². The highest BCUT2D eigenvalue weighted by Gasteiger charge is 2.20. The minimum atomic E-state index is -0.920. The number of rotatable bonds is 4. The normalized spacial score (nSPS) is 10.5. The molecule has 0 atom stereocenters. The number of nitrogens with one attached hydrogen (secondary N) is 2. The lowest BCUT2D eigenvalue weighted by atomic mass is 10.1. The summed E-state index contributed by atoms with van der Waals surface area (Å²) < 4.78 is 33.1. The highest BCUT2D eigenvalue weighted by atomic mass is 19.1. The monoisotopic (exact) mass is 331 g/mol. The second kappa shape index (κ2) is 6.41. The summed E-state index contributed by atoms with van der Waals surface area (Å²) in [5, 5.41) is 9.12. The lowest BCUT2D eigenvalue weighted by Gasteiger charge is -2.09. The van der Waals surface area contributed by atoms with Gasteiger partial charge in [0.05, 0.1) is 30.8 Å². The predicted molar refractivity (Wildman–Crippen MR) is 80.6 cm³/mol. The summed E-state index contributed by atoms with van der Waals surface area (Å²) in [4.78, 5) is 19.3. The molecule has 0 unspecified atom stereocenters. The molecule has 7 nitrogen and oxygen atoms in total. The van der Waals surface area contributed by atoms with E-state index in [9.17, 15) is 13.6 Å². The number of hydrogen-bond acceptors (Lipinski definition) is 6. The van der Waals surface area contributed by atoms with Gasteiger partial charge in [-0.05, 0) is 12.1 Å². The van der Waals surface area contributed by atoms with E-state index in [-0.39, 0.29) is 22.8 Å². The SMILES string of the molecule is COC(=O)c1cccc(-c2nc(Nc3cn[nH]c3)ncc2F)c1F. The Hall–Kier alpha value is -3.36. The van der Waals surface area contributed by atoms with Gasteiger partial charge in [0, 0.05) is 11.8 Å². The van der Waals surface area contributed by atoms with Crippen LogP contribution in [-0.4, -0.2) is 33.2 Å². The maximum Gasteiger partial charge on any atom is 0.340 e. The van der Waals surface area contributed by atoms with Gasteiger partial charge in [0.1, 0.15) is 11.5 Å². The van der Waals surface area contributed by atoms with Crippen molar-refractivity contribution in [1.82, 2.24) is 20.2 Å². The van der Waals surface area contributed by atoms with Crippen molar-refractivity contribution in [2.24, 2.45) is 0 Å². The van der Waals surface area contributed by atoms with E-state index >= 15 is 0 Å². The summed E-state index contributed by atoms with van der Waals surface area (Å²) in [6.45, 7) is 0. The lowest BCUT2D eigenvalue weighted by molar-refractivity contribution is 0.0595. The second-order valence-corrected chi connectivity index (χ2v) is 4.66. The number of hydrogen-bond donors (Lipinski definition) is 2. The summed E-state index contributed by atoms with van der Waals surface area (Å²) in [5.41, 5.74) is -0.207. The van der Waals surface area contributed by atoms with Crippen molar-refractivity contribution < 1.29 is 18.3 Å². The molecule has 0 aliphatic carbocycles. The molecule has 0 saturated heterocycles. The molecule has 0 saturated carbocycles. The van der Waals surface area contributed by atoms with Crippen LogP contribution in [0.5, 0.6) is 0 Å². The third-order valence-electron chi connectivity index (χ3n) is 3.16. The molecule has 0 aliphatic rings. The smallest absolute Gasteiger partial charge is 0.340 e. The molecule has 1 aromatic carbocycles. The Labute approximate surface area is 134 Å². The van der Waals surface area contributed by atoms with Crippen LogP contribution >= 0.6 is 0 Å². The van der Waals surface area contributed by atoms with E-state index in [1.54, 1.807) is 6.20 Å². The van der Waals surface area contributed by atoms with Crippen LogP contribution in [-0.2, 0) is 4.74 Å². The van der Waals surface area contributed by atoms with Gasteiger partial charge in [-0.15, -0.1) is 0 Å². The van der Waals surface area contributed by atoms with Gasteiger partial charge in [0.15, 0.2) is 5.82 Å². The molecule has 2 aromatic heterocycles. The number of H-pyrrole nitrogens is 1. The minimum absolute atomic E-state index is 0.0515. The van der Waals surface area contributed by atoms with Crippen LogP contribution < -0.4 is 5.32 Å². The number of nitrogens with zero attached hydrogens (tertiary/aromatic N) is 3. The van der Waals surface area contributed by atoms with Crippen molar-refractivity contribution in [3.8, 4) is 11.3 Å². The predicted octanol–water partition coefficient (Wildman–Crippen LogP) is 2.68. The molecule has 0 spiro atoms. The maximum atomic E-state index is 14.5. The number of anilines is 2. The highest BCUT2D eigenvalue weighted by molar-refractivity contribution is 5.91.